The van der Waals surface area contributed by atoms with Crippen molar-refractivity contribution in [1.29, 1.82) is 0 Å². The van der Waals surface area contributed by atoms with Gasteiger partial charge in [0, 0.05) is 6.04 Å². The van der Waals surface area contributed by atoms with Crippen LogP contribution in [0, 0.1) is 5.41 Å². The number of hydrogen-bond donors (Lipinski definition) is 2. The summed E-state index contributed by atoms with van der Waals surface area (Å²) in [5.41, 5.74) is 3.45. The van der Waals surface area contributed by atoms with E-state index >= 15 is 0 Å². The summed E-state index contributed by atoms with van der Waals surface area (Å²) in [6.07, 6.45) is 0. The third kappa shape index (κ3) is 3.22. The lowest BCUT2D eigenvalue weighted by atomic mass is 9.91. The van der Waals surface area contributed by atoms with Gasteiger partial charge < -0.3 is 15.7 Å². The summed E-state index contributed by atoms with van der Waals surface area (Å²) in [5.74, 6) is -2.51. The molecule has 6 heteroatoms. The smallest absolute Gasteiger partial charge is 0.318 e. The predicted octanol–water partition coefficient (Wildman–Crippen LogP) is -0.180. The largest absolute Gasteiger partial charge is 0.480 e. The second-order valence-electron chi connectivity index (χ2n) is 4.42. The van der Waals surface area contributed by atoms with Crippen LogP contribution in [0.15, 0.2) is 0 Å². The van der Waals surface area contributed by atoms with Gasteiger partial charge in [0.05, 0.1) is 6.54 Å². The highest BCUT2D eigenvalue weighted by molar-refractivity contribution is 6.02. The van der Waals surface area contributed by atoms with Crippen molar-refractivity contribution >= 4 is 17.8 Å². The zero-order chi connectivity index (χ0) is 13.1. The van der Waals surface area contributed by atoms with Crippen molar-refractivity contribution < 1.29 is 19.5 Å². The number of primary amides is 1. The minimum absolute atomic E-state index is 0.271. The van der Waals surface area contributed by atoms with E-state index in [2.05, 4.69) is 0 Å². The number of hydrogen-bond acceptors (Lipinski definition) is 3. The molecule has 0 saturated heterocycles. The molecule has 92 valence electrons. The quantitative estimate of drug-likeness (QED) is 0.640. The van der Waals surface area contributed by atoms with Gasteiger partial charge in [-0.3, -0.25) is 14.4 Å². The average Bonchev–Trinajstić information content (AvgIpc) is 2.11. The molecule has 0 radical (unpaired) electrons. The van der Waals surface area contributed by atoms with E-state index in [9.17, 15) is 14.4 Å². The van der Waals surface area contributed by atoms with Gasteiger partial charge in [-0.1, -0.05) is 0 Å². The molecule has 0 rings (SSSR count). The molecule has 16 heavy (non-hydrogen) atoms. The van der Waals surface area contributed by atoms with Gasteiger partial charge in [-0.15, -0.1) is 0 Å². The molecule has 0 saturated carbocycles. The molecule has 0 aromatic rings. The number of rotatable bonds is 5. The number of carboxylic acids is 1. The molecule has 6 nitrogen and oxygen atoms in total. The molecule has 0 unspecified atom stereocenters. The van der Waals surface area contributed by atoms with Gasteiger partial charge in [-0.25, -0.2) is 0 Å². The summed E-state index contributed by atoms with van der Waals surface area (Å²) in [6.45, 7) is 5.72. The van der Waals surface area contributed by atoms with Crippen molar-refractivity contribution in [3.05, 3.63) is 0 Å². The Balaban J connectivity index is 5.02. The summed E-state index contributed by atoms with van der Waals surface area (Å²) in [4.78, 5) is 34.8. The van der Waals surface area contributed by atoms with Gasteiger partial charge in [-0.2, -0.15) is 0 Å². The van der Waals surface area contributed by atoms with E-state index in [1.165, 1.54) is 13.8 Å². The van der Waals surface area contributed by atoms with Gasteiger partial charge in [0.15, 0.2) is 0 Å². The summed E-state index contributed by atoms with van der Waals surface area (Å²) in [5, 5.41) is 8.91. The normalized spacial score (nSPS) is 11.3. The molecule has 0 spiro atoms. The molecule has 0 aliphatic heterocycles. The van der Waals surface area contributed by atoms with Crippen molar-refractivity contribution in [2.24, 2.45) is 11.1 Å². The van der Waals surface area contributed by atoms with Crippen molar-refractivity contribution in [3.63, 3.8) is 0 Å². The molecular formula is C10H18N2O4. The van der Waals surface area contributed by atoms with E-state index in [4.69, 9.17) is 10.8 Å². The molecule has 2 amide bonds. The SMILES string of the molecule is CC(C)N(CC(N)=O)C(=O)C(C)(C)C(=O)O. The molecule has 0 fully saturated rings. The van der Waals surface area contributed by atoms with Crippen LogP contribution >= 0.6 is 0 Å². The Morgan fingerprint density at radius 2 is 1.75 bits per heavy atom. The van der Waals surface area contributed by atoms with Gasteiger partial charge in [0.25, 0.3) is 0 Å². The molecule has 0 atom stereocenters. The fraction of sp³-hybridized carbons (Fsp3) is 0.700. The Hall–Kier alpha value is -1.59. The highest BCUT2D eigenvalue weighted by Gasteiger charge is 2.40. The lowest BCUT2D eigenvalue weighted by molar-refractivity contribution is -0.160. The molecule has 3 N–H and O–H groups in total. The van der Waals surface area contributed by atoms with Crippen LogP contribution in [-0.2, 0) is 14.4 Å². The third-order valence-electron chi connectivity index (χ3n) is 2.28. The van der Waals surface area contributed by atoms with Crippen molar-refractivity contribution in [3.8, 4) is 0 Å². The summed E-state index contributed by atoms with van der Waals surface area (Å²) in [7, 11) is 0. The van der Waals surface area contributed by atoms with Crippen LogP contribution < -0.4 is 5.73 Å². The van der Waals surface area contributed by atoms with E-state index in [1.54, 1.807) is 13.8 Å². The minimum Gasteiger partial charge on any atom is -0.480 e. The Bertz CT molecular complexity index is 310. The monoisotopic (exact) mass is 230 g/mol. The maximum atomic E-state index is 11.9. The zero-order valence-corrected chi connectivity index (χ0v) is 9.98. The van der Waals surface area contributed by atoms with Crippen LogP contribution in [0.3, 0.4) is 0 Å². The first-order valence-corrected chi connectivity index (χ1v) is 4.93. The molecular weight excluding hydrogens is 212 g/mol. The first kappa shape index (κ1) is 14.4. The first-order chi connectivity index (χ1) is 7.10. The summed E-state index contributed by atoms with van der Waals surface area (Å²) >= 11 is 0. The highest BCUT2D eigenvalue weighted by Crippen LogP contribution is 2.20. The fourth-order valence-corrected chi connectivity index (χ4v) is 1.11. The minimum atomic E-state index is -1.56. The van der Waals surface area contributed by atoms with E-state index in [0.29, 0.717) is 0 Å². The number of amides is 2. The molecule has 0 bridgehead atoms. The maximum Gasteiger partial charge on any atom is 0.318 e. The Labute approximate surface area is 94.4 Å². The Kier molecular flexibility index (Phi) is 4.47. The molecule has 0 heterocycles. The van der Waals surface area contributed by atoms with Gasteiger partial charge >= 0.3 is 5.97 Å². The zero-order valence-electron chi connectivity index (χ0n) is 9.98. The second-order valence-corrected chi connectivity index (χ2v) is 4.42. The summed E-state index contributed by atoms with van der Waals surface area (Å²) in [6, 6.07) is -0.279. The average molecular weight is 230 g/mol. The highest BCUT2D eigenvalue weighted by atomic mass is 16.4. The maximum absolute atomic E-state index is 11.9. The number of nitrogens with zero attached hydrogens (tertiary/aromatic N) is 1. The van der Waals surface area contributed by atoms with Crippen molar-refractivity contribution in [1.82, 2.24) is 4.90 Å². The lowest BCUT2D eigenvalue weighted by Gasteiger charge is -2.31. The summed E-state index contributed by atoms with van der Waals surface area (Å²) < 4.78 is 0. The molecule has 0 aliphatic rings. The fourth-order valence-electron chi connectivity index (χ4n) is 1.11. The van der Waals surface area contributed by atoms with Gasteiger partial charge in [0.2, 0.25) is 11.8 Å². The first-order valence-electron chi connectivity index (χ1n) is 4.93. The number of aliphatic carboxylic acids is 1. The van der Waals surface area contributed by atoms with Crippen LogP contribution in [0.2, 0.25) is 0 Å². The van der Waals surface area contributed by atoms with Crippen LogP contribution in [0.25, 0.3) is 0 Å². The number of nitrogens with two attached hydrogens (primary N) is 1. The van der Waals surface area contributed by atoms with Crippen molar-refractivity contribution in [2.45, 2.75) is 33.7 Å². The van der Waals surface area contributed by atoms with Gasteiger partial charge in [0.1, 0.15) is 5.41 Å². The van der Waals surface area contributed by atoms with E-state index in [-0.39, 0.29) is 12.6 Å². The molecule has 0 aromatic carbocycles. The number of carbonyl (C=O) groups is 3. The van der Waals surface area contributed by atoms with E-state index in [1.807, 2.05) is 0 Å². The van der Waals surface area contributed by atoms with Crippen LogP contribution in [0.1, 0.15) is 27.7 Å². The predicted molar refractivity (Wildman–Crippen MR) is 57.5 cm³/mol. The number of carbonyl (C=O) groups excluding carboxylic acids is 2. The topological polar surface area (TPSA) is 101 Å². The van der Waals surface area contributed by atoms with Gasteiger partial charge in [-0.05, 0) is 27.7 Å². The third-order valence-corrected chi connectivity index (χ3v) is 2.28. The Morgan fingerprint density at radius 1 is 1.31 bits per heavy atom. The van der Waals surface area contributed by atoms with E-state index in [0.717, 1.165) is 4.90 Å². The molecule has 0 aliphatic carbocycles. The lowest BCUT2D eigenvalue weighted by Crippen LogP contribution is -2.50. The standard InChI is InChI=1S/C10H18N2O4/c1-6(2)12(5-7(11)13)8(14)10(3,4)9(15)16/h6H,5H2,1-4H3,(H2,11,13)(H,15,16). The second kappa shape index (κ2) is 4.96. The Morgan fingerprint density at radius 3 is 2.00 bits per heavy atom. The number of carboxylic acid groups (broad SMARTS) is 1. The van der Waals surface area contributed by atoms with Crippen LogP contribution in [0.5, 0.6) is 0 Å². The van der Waals surface area contributed by atoms with E-state index < -0.39 is 23.2 Å². The van der Waals surface area contributed by atoms with Crippen LogP contribution in [-0.4, -0.2) is 40.4 Å². The van der Waals surface area contributed by atoms with Crippen LogP contribution in [0.4, 0.5) is 0 Å². The van der Waals surface area contributed by atoms with Crippen molar-refractivity contribution in [2.75, 3.05) is 6.54 Å². The molecule has 0 aromatic heterocycles.